The zero-order valence-corrected chi connectivity index (χ0v) is 13.5. The highest BCUT2D eigenvalue weighted by molar-refractivity contribution is 7.14. The lowest BCUT2D eigenvalue weighted by Gasteiger charge is -2.06. The topological polar surface area (TPSA) is 77.8 Å². The van der Waals surface area contributed by atoms with Gasteiger partial charge in [-0.2, -0.15) is 5.26 Å². The minimum absolute atomic E-state index is 0.131. The van der Waals surface area contributed by atoms with Crippen LogP contribution in [0.5, 0.6) is 0 Å². The van der Waals surface area contributed by atoms with E-state index < -0.39 is 0 Å². The van der Waals surface area contributed by atoms with Crippen molar-refractivity contribution in [2.24, 2.45) is 0 Å². The number of hydrogen-bond donors (Lipinski definition) is 2. The van der Waals surface area contributed by atoms with Crippen molar-refractivity contribution in [3.8, 4) is 17.3 Å². The molecule has 6 heteroatoms. The summed E-state index contributed by atoms with van der Waals surface area (Å²) < 4.78 is 0. The van der Waals surface area contributed by atoms with E-state index in [9.17, 15) is 4.79 Å². The first kappa shape index (κ1) is 15.7. The lowest BCUT2D eigenvalue weighted by atomic mass is 10.2. The van der Waals surface area contributed by atoms with Crippen LogP contribution in [0.3, 0.4) is 0 Å². The van der Waals surface area contributed by atoms with E-state index in [1.165, 1.54) is 11.3 Å². The molecular formula is C18H14N4OS. The zero-order chi connectivity index (χ0) is 16.8. The van der Waals surface area contributed by atoms with Crippen LogP contribution in [-0.2, 0) is 4.79 Å². The van der Waals surface area contributed by atoms with Crippen molar-refractivity contribution in [1.29, 1.82) is 5.26 Å². The predicted octanol–water partition coefficient (Wildman–Crippen LogP) is 3.73. The van der Waals surface area contributed by atoms with Gasteiger partial charge >= 0.3 is 0 Å². The molecule has 1 heterocycles. The van der Waals surface area contributed by atoms with E-state index in [0.29, 0.717) is 10.7 Å². The molecule has 3 aromatic rings. The maximum Gasteiger partial charge on any atom is 0.245 e. The molecule has 1 aromatic heterocycles. The van der Waals surface area contributed by atoms with Gasteiger partial charge in [0.25, 0.3) is 0 Å². The first-order valence-corrected chi connectivity index (χ1v) is 8.17. The van der Waals surface area contributed by atoms with Crippen LogP contribution >= 0.6 is 11.3 Å². The summed E-state index contributed by atoms with van der Waals surface area (Å²) in [5.74, 6) is -0.173. The Morgan fingerprint density at radius 3 is 2.58 bits per heavy atom. The molecule has 0 radical (unpaired) electrons. The zero-order valence-electron chi connectivity index (χ0n) is 12.7. The molecule has 2 aromatic carbocycles. The van der Waals surface area contributed by atoms with Gasteiger partial charge in [-0.25, -0.2) is 4.98 Å². The quantitative estimate of drug-likeness (QED) is 0.745. The summed E-state index contributed by atoms with van der Waals surface area (Å²) in [6, 6.07) is 18.8. The van der Waals surface area contributed by atoms with Gasteiger partial charge in [0.1, 0.15) is 0 Å². The second kappa shape index (κ2) is 7.40. The van der Waals surface area contributed by atoms with Gasteiger partial charge in [-0.1, -0.05) is 30.3 Å². The molecule has 0 saturated carbocycles. The number of nitriles is 1. The van der Waals surface area contributed by atoms with Crippen molar-refractivity contribution in [3.63, 3.8) is 0 Å². The van der Waals surface area contributed by atoms with Crippen LogP contribution in [0.25, 0.3) is 11.3 Å². The molecule has 0 aliphatic carbocycles. The van der Waals surface area contributed by atoms with Crippen molar-refractivity contribution in [2.45, 2.75) is 0 Å². The van der Waals surface area contributed by atoms with Gasteiger partial charge in [0.2, 0.25) is 5.91 Å². The Morgan fingerprint density at radius 2 is 1.88 bits per heavy atom. The number of nitrogens with one attached hydrogen (secondary N) is 2. The Labute approximate surface area is 143 Å². The van der Waals surface area contributed by atoms with E-state index in [2.05, 4.69) is 21.7 Å². The molecule has 1 amide bonds. The van der Waals surface area contributed by atoms with Gasteiger partial charge in [0, 0.05) is 16.6 Å². The van der Waals surface area contributed by atoms with E-state index in [1.54, 1.807) is 24.3 Å². The van der Waals surface area contributed by atoms with Gasteiger partial charge in [-0.3, -0.25) is 4.79 Å². The Hall–Kier alpha value is -3.17. The fourth-order valence-corrected chi connectivity index (χ4v) is 2.82. The minimum atomic E-state index is -0.173. The van der Waals surface area contributed by atoms with Crippen LogP contribution in [0.1, 0.15) is 5.56 Å². The number of amides is 1. The summed E-state index contributed by atoms with van der Waals surface area (Å²) >= 11 is 1.39. The number of anilines is 2. The minimum Gasteiger partial charge on any atom is -0.376 e. The van der Waals surface area contributed by atoms with Gasteiger partial charge in [0.15, 0.2) is 5.13 Å². The number of carbonyl (C=O) groups excluding carboxylic acids is 1. The number of hydrogen-bond acceptors (Lipinski definition) is 5. The Balaban J connectivity index is 1.55. The highest BCUT2D eigenvalue weighted by Crippen LogP contribution is 2.24. The number of rotatable bonds is 5. The normalized spacial score (nSPS) is 9.96. The van der Waals surface area contributed by atoms with Crippen molar-refractivity contribution in [3.05, 3.63) is 65.5 Å². The monoisotopic (exact) mass is 334 g/mol. The second-order valence-electron chi connectivity index (χ2n) is 4.99. The van der Waals surface area contributed by atoms with E-state index >= 15 is 0 Å². The number of benzene rings is 2. The summed E-state index contributed by atoms with van der Waals surface area (Å²) in [7, 11) is 0. The first-order chi connectivity index (χ1) is 11.7. The summed E-state index contributed by atoms with van der Waals surface area (Å²) in [6.07, 6.45) is 0. The van der Waals surface area contributed by atoms with Gasteiger partial charge in [-0.05, 0) is 24.3 Å². The molecule has 118 valence electrons. The summed E-state index contributed by atoms with van der Waals surface area (Å²) in [5.41, 5.74) is 3.23. The van der Waals surface area contributed by atoms with Crippen LogP contribution in [0.4, 0.5) is 10.8 Å². The van der Waals surface area contributed by atoms with Crippen molar-refractivity contribution in [1.82, 2.24) is 4.98 Å². The third kappa shape index (κ3) is 3.97. The van der Waals surface area contributed by atoms with Crippen LogP contribution in [0.15, 0.2) is 60.0 Å². The van der Waals surface area contributed by atoms with Crippen LogP contribution in [0.2, 0.25) is 0 Å². The lowest BCUT2D eigenvalue weighted by Crippen LogP contribution is -2.21. The SMILES string of the molecule is N#Cc1ccc(NCC(=O)Nc2nc(-c3ccccc3)cs2)cc1. The van der Waals surface area contributed by atoms with E-state index in [1.807, 2.05) is 35.7 Å². The van der Waals surface area contributed by atoms with E-state index in [-0.39, 0.29) is 12.5 Å². The average molecular weight is 334 g/mol. The van der Waals surface area contributed by atoms with Gasteiger partial charge in [-0.15, -0.1) is 11.3 Å². The van der Waals surface area contributed by atoms with Crippen LogP contribution < -0.4 is 10.6 Å². The molecule has 24 heavy (non-hydrogen) atoms. The Bertz CT molecular complexity index is 866. The first-order valence-electron chi connectivity index (χ1n) is 7.29. The molecule has 0 unspecified atom stereocenters. The van der Waals surface area contributed by atoms with Crippen molar-refractivity contribution >= 4 is 28.1 Å². The van der Waals surface area contributed by atoms with Crippen LogP contribution in [0, 0.1) is 11.3 Å². The van der Waals surface area contributed by atoms with Gasteiger partial charge in [0.05, 0.1) is 23.9 Å². The largest absolute Gasteiger partial charge is 0.376 e. The molecule has 0 fully saturated rings. The van der Waals surface area contributed by atoms with E-state index in [0.717, 1.165) is 16.9 Å². The molecule has 0 spiro atoms. The van der Waals surface area contributed by atoms with Crippen molar-refractivity contribution in [2.75, 3.05) is 17.2 Å². The fourth-order valence-electron chi connectivity index (χ4n) is 2.08. The standard InChI is InChI=1S/C18H14N4OS/c19-10-13-6-8-15(9-7-13)20-11-17(23)22-18-21-16(12-24-18)14-4-2-1-3-5-14/h1-9,12,20H,11H2,(H,21,22,23). The summed E-state index contributed by atoms with van der Waals surface area (Å²) in [5, 5.41) is 17.0. The molecule has 0 bridgehead atoms. The van der Waals surface area contributed by atoms with E-state index in [4.69, 9.17) is 5.26 Å². The molecule has 5 nitrogen and oxygen atoms in total. The Morgan fingerprint density at radius 1 is 1.12 bits per heavy atom. The molecule has 0 aliphatic rings. The van der Waals surface area contributed by atoms with Gasteiger partial charge < -0.3 is 10.6 Å². The second-order valence-corrected chi connectivity index (χ2v) is 5.85. The van der Waals surface area contributed by atoms with Crippen LogP contribution in [-0.4, -0.2) is 17.4 Å². The smallest absolute Gasteiger partial charge is 0.245 e. The molecule has 2 N–H and O–H groups in total. The molecule has 0 saturated heterocycles. The third-order valence-corrected chi connectivity index (χ3v) is 4.04. The fraction of sp³-hybridized carbons (Fsp3) is 0.0556. The number of carbonyl (C=O) groups is 1. The number of thiazole rings is 1. The summed E-state index contributed by atoms with van der Waals surface area (Å²) in [4.78, 5) is 16.4. The molecular weight excluding hydrogens is 320 g/mol. The Kier molecular flexibility index (Phi) is 4.84. The summed E-state index contributed by atoms with van der Waals surface area (Å²) in [6.45, 7) is 0.131. The highest BCUT2D eigenvalue weighted by Gasteiger charge is 2.07. The molecule has 0 aliphatic heterocycles. The van der Waals surface area contributed by atoms with Crippen molar-refractivity contribution < 1.29 is 4.79 Å². The molecule has 3 rings (SSSR count). The lowest BCUT2D eigenvalue weighted by molar-refractivity contribution is -0.114. The number of aromatic nitrogens is 1. The third-order valence-electron chi connectivity index (χ3n) is 3.29. The maximum absolute atomic E-state index is 12.0. The average Bonchev–Trinajstić information content (AvgIpc) is 3.09. The predicted molar refractivity (Wildman–Crippen MR) is 95.8 cm³/mol. The number of nitrogens with zero attached hydrogens (tertiary/aromatic N) is 2. The maximum atomic E-state index is 12.0. The molecule has 0 atom stereocenters. The highest BCUT2D eigenvalue weighted by atomic mass is 32.1.